The number of rotatable bonds is 2. The van der Waals surface area contributed by atoms with Crippen molar-refractivity contribution in [1.29, 1.82) is 0 Å². The lowest BCUT2D eigenvalue weighted by Crippen LogP contribution is -2.54. The second-order valence-corrected chi connectivity index (χ2v) is 8.13. The molecule has 1 saturated heterocycles. The van der Waals surface area contributed by atoms with E-state index < -0.39 is 0 Å². The van der Waals surface area contributed by atoms with Gasteiger partial charge in [0.05, 0.1) is 23.0 Å². The highest BCUT2D eigenvalue weighted by molar-refractivity contribution is 5.85. The predicted molar refractivity (Wildman–Crippen MR) is 116 cm³/mol. The molecule has 5 rings (SSSR count). The van der Waals surface area contributed by atoms with Gasteiger partial charge in [-0.2, -0.15) is 0 Å². The molecule has 0 saturated carbocycles. The molecule has 6 nitrogen and oxygen atoms in total. The molecule has 4 aromatic rings. The Bertz CT molecular complexity index is 1260. The highest BCUT2D eigenvalue weighted by atomic mass is 16.4. The molecule has 3 aromatic heterocycles. The summed E-state index contributed by atoms with van der Waals surface area (Å²) in [6.07, 6.45) is 5.70. The van der Waals surface area contributed by atoms with E-state index in [1.165, 1.54) is 0 Å². The minimum Gasteiger partial charge on any atom is -0.422 e. The van der Waals surface area contributed by atoms with Crippen LogP contribution in [0.3, 0.4) is 0 Å². The Morgan fingerprint density at radius 3 is 2.69 bits per heavy atom. The van der Waals surface area contributed by atoms with Crippen molar-refractivity contribution in [3.8, 4) is 11.1 Å². The molecule has 1 aliphatic rings. The second kappa shape index (κ2) is 6.74. The summed E-state index contributed by atoms with van der Waals surface area (Å²) in [5, 5.41) is 4.46. The lowest BCUT2D eigenvalue weighted by Gasteiger charge is -2.37. The molecular formula is C23H24N4O2. The van der Waals surface area contributed by atoms with Crippen LogP contribution in [0.15, 0.2) is 58.1 Å². The van der Waals surface area contributed by atoms with E-state index in [2.05, 4.69) is 35.1 Å². The van der Waals surface area contributed by atoms with Crippen molar-refractivity contribution in [2.75, 3.05) is 18.0 Å². The standard InChI is InChI=1S/C23H24N4O2/c1-14-10-27-13-18(6-20(27)9-24-14)21-7-17-4-5-19(8-22(17)29-23(21)28)26-11-15(2)25-16(3)12-26/h4-10,13,15-16,25H,11-12H2,1-3H3. The summed E-state index contributed by atoms with van der Waals surface area (Å²) in [6.45, 7) is 8.19. The van der Waals surface area contributed by atoms with Crippen molar-refractivity contribution in [2.45, 2.75) is 32.9 Å². The first-order valence-electron chi connectivity index (χ1n) is 10.00. The van der Waals surface area contributed by atoms with Crippen LogP contribution in [0.1, 0.15) is 19.5 Å². The number of piperazine rings is 1. The van der Waals surface area contributed by atoms with Gasteiger partial charge in [0.25, 0.3) is 0 Å². The van der Waals surface area contributed by atoms with Gasteiger partial charge in [-0.3, -0.25) is 4.98 Å². The molecule has 2 unspecified atom stereocenters. The zero-order valence-electron chi connectivity index (χ0n) is 16.8. The average molecular weight is 388 g/mol. The number of benzene rings is 1. The Hall–Kier alpha value is -3.12. The molecule has 1 aromatic carbocycles. The molecule has 0 bridgehead atoms. The third-order valence-corrected chi connectivity index (χ3v) is 5.56. The van der Waals surface area contributed by atoms with Gasteiger partial charge in [0.2, 0.25) is 0 Å². The lowest BCUT2D eigenvalue weighted by molar-refractivity contribution is 0.407. The van der Waals surface area contributed by atoms with Crippen molar-refractivity contribution in [1.82, 2.24) is 14.7 Å². The number of hydrogen-bond acceptors (Lipinski definition) is 5. The van der Waals surface area contributed by atoms with E-state index in [-0.39, 0.29) is 5.63 Å². The molecule has 0 aliphatic carbocycles. The first-order chi connectivity index (χ1) is 14.0. The van der Waals surface area contributed by atoms with Gasteiger partial charge in [-0.25, -0.2) is 4.79 Å². The van der Waals surface area contributed by atoms with Crippen molar-refractivity contribution in [2.24, 2.45) is 0 Å². The maximum atomic E-state index is 12.8. The van der Waals surface area contributed by atoms with Crippen LogP contribution in [0.5, 0.6) is 0 Å². The summed E-state index contributed by atoms with van der Waals surface area (Å²) < 4.78 is 7.71. The zero-order valence-corrected chi connectivity index (χ0v) is 16.8. The fourth-order valence-corrected chi connectivity index (χ4v) is 4.30. The number of aryl methyl sites for hydroxylation is 1. The molecule has 1 aliphatic heterocycles. The molecule has 4 heterocycles. The summed E-state index contributed by atoms with van der Waals surface area (Å²) in [5.74, 6) is 0. The Balaban J connectivity index is 1.55. The second-order valence-electron chi connectivity index (χ2n) is 8.13. The van der Waals surface area contributed by atoms with Crippen LogP contribution in [-0.2, 0) is 0 Å². The molecule has 2 atom stereocenters. The van der Waals surface area contributed by atoms with E-state index in [9.17, 15) is 4.79 Å². The predicted octanol–water partition coefficient (Wildman–Crippen LogP) is 3.60. The van der Waals surface area contributed by atoms with Gasteiger partial charge in [-0.1, -0.05) is 0 Å². The number of anilines is 1. The maximum absolute atomic E-state index is 12.8. The Morgan fingerprint density at radius 2 is 1.90 bits per heavy atom. The zero-order chi connectivity index (χ0) is 20.1. The summed E-state index contributed by atoms with van der Waals surface area (Å²) in [7, 11) is 0. The average Bonchev–Trinajstić information content (AvgIpc) is 3.09. The number of nitrogens with zero attached hydrogens (tertiary/aromatic N) is 3. The lowest BCUT2D eigenvalue weighted by atomic mass is 10.1. The molecule has 1 N–H and O–H groups in total. The van der Waals surface area contributed by atoms with Crippen LogP contribution < -0.4 is 15.8 Å². The Kier molecular flexibility index (Phi) is 4.17. The first-order valence-corrected chi connectivity index (χ1v) is 10.00. The van der Waals surface area contributed by atoms with Crippen LogP contribution in [0.2, 0.25) is 0 Å². The number of hydrogen-bond donors (Lipinski definition) is 1. The van der Waals surface area contributed by atoms with Gasteiger partial charge in [0.15, 0.2) is 0 Å². The van der Waals surface area contributed by atoms with Gasteiger partial charge in [0, 0.05) is 60.3 Å². The highest BCUT2D eigenvalue weighted by Crippen LogP contribution is 2.27. The van der Waals surface area contributed by atoms with E-state index in [1.807, 2.05) is 54.2 Å². The number of nitrogens with one attached hydrogen (secondary N) is 1. The van der Waals surface area contributed by atoms with Crippen molar-refractivity contribution in [3.05, 3.63) is 65.0 Å². The SMILES string of the molecule is Cc1cn2cc(-c3cc4ccc(N5CC(C)NC(C)C5)cc4oc3=O)cc2cn1. The summed E-state index contributed by atoms with van der Waals surface area (Å²) in [5.41, 5.74) is 4.66. The minimum absolute atomic E-state index is 0.322. The van der Waals surface area contributed by atoms with Crippen LogP contribution in [0.25, 0.3) is 27.6 Å². The largest absolute Gasteiger partial charge is 0.422 e. The van der Waals surface area contributed by atoms with E-state index in [0.717, 1.165) is 40.9 Å². The molecule has 6 heteroatoms. The molecule has 0 radical (unpaired) electrons. The molecule has 29 heavy (non-hydrogen) atoms. The third kappa shape index (κ3) is 3.29. The van der Waals surface area contributed by atoms with E-state index in [0.29, 0.717) is 23.2 Å². The Labute approximate surface area is 168 Å². The normalized spacial score (nSPS) is 19.9. The summed E-state index contributed by atoms with van der Waals surface area (Å²) >= 11 is 0. The molecule has 0 amide bonds. The van der Waals surface area contributed by atoms with Crippen LogP contribution in [-0.4, -0.2) is 34.6 Å². The molecule has 148 valence electrons. The van der Waals surface area contributed by atoms with Crippen LogP contribution >= 0.6 is 0 Å². The smallest absolute Gasteiger partial charge is 0.344 e. The van der Waals surface area contributed by atoms with Gasteiger partial charge >= 0.3 is 5.63 Å². The van der Waals surface area contributed by atoms with Gasteiger partial charge in [-0.05, 0) is 45.0 Å². The van der Waals surface area contributed by atoms with Crippen molar-refractivity contribution < 1.29 is 4.42 Å². The van der Waals surface area contributed by atoms with Crippen molar-refractivity contribution >= 4 is 22.2 Å². The minimum atomic E-state index is -0.322. The maximum Gasteiger partial charge on any atom is 0.344 e. The van der Waals surface area contributed by atoms with Gasteiger partial charge in [0.1, 0.15) is 5.58 Å². The fourth-order valence-electron chi connectivity index (χ4n) is 4.30. The van der Waals surface area contributed by atoms with Gasteiger partial charge < -0.3 is 19.0 Å². The first kappa shape index (κ1) is 17.9. The quantitative estimate of drug-likeness (QED) is 0.532. The number of fused-ring (bicyclic) bond motifs is 2. The van der Waals surface area contributed by atoms with E-state index >= 15 is 0 Å². The Morgan fingerprint density at radius 1 is 1.10 bits per heavy atom. The summed E-state index contributed by atoms with van der Waals surface area (Å²) in [6, 6.07) is 10.9. The number of aromatic nitrogens is 2. The van der Waals surface area contributed by atoms with Crippen molar-refractivity contribution in [3.63, 3.8) is 0 Å². The highest BCUT2D eigenvalue weighted by Gasteiger charge is 2.21. The fraction of sp³-hybridized carbons (Fsp3) is 0.304. The van der Waals surface area contributed by atoms with Crippen LogP contribution in [0.4, 0.5) is 5.69 Å². The molecule has 0 spiro atoms. The molecular weight excluding hydrogens is 364 g/mol. The molecule has 1 fully saturated rings. The third-order valence-electron chi connectivity index (χ3n) is 5.56. The monoisotopic (exact) mass is 388 g/mol. The van der Waals surface area contributed by atoms with Gasteiger partial charge in [-0.15, -0.1) is 0 Å². The summed E-state index contributed by atoms with van der Waals surface area (Å²) in [4.78, 5) is 19.4. The topological polar surface area (TPSA) is 62.8 Å². The van der Waals surface area contributed by atoms with E-state index in [4.69, 9.17) is 4.42 Å². The van der Waals surface area contributed by atoms with Crippen LogP contribution in [0, 0.1) is 6.92 Å². The van der Waals surface area contributed by atoms with E-state index in [1.54, 1.807) is 0 Å².